The number of hydrogen-bond acceptors (Lipinski definition) is 9. The van der Waals surface area contributed by atoms with Crippen LogP contribution < -0.4 is 18.9 Å². The van der Waals surface area contributed by atoms with Crippen LogP contribution in [-0.2, 0) is 9.59 Å². The molecule has 3 aromatic rings. The van der Waals surface area contributed by atoms with Crippen molar-refractivity contribution in [3.05, 3.63) is 36.4 Å². The first kappa shape index (κ1) is 19.9. The van der Waals surface area contributed by atoms with Crippen molar-refractivity contribution >= 4 is 11.9 Å². The Kier molecular flexibility index (Phi) is 5.77. The molecule has 0 aliphatic carbocycles. The quantitative estimate of drug-likeness (QED) is 0.456. The molecule has 0 aliphatic heterocycles. The van der Waals surface area contributed by atoms with Crippen molar-refractivity contribution in [1.82, 2.24) is 10.3 Å². The molecule has 9 heteroatoms. The van der Waals surface area contributed by atoms with Crippen LogP contribution in [0.5, 0.6) is 23.0 Å². The standard InChI is InChI=1S/C20H18N2O7/c1-11(23)27-15-7-5-13(9-17(15)25-3)19-20(22-29-21-19)14-6-8-16(28-12(2)24)18(10-14)26-4/h5-10H,1-4H3. The number of nitrogens with zero attached hydrogens (tertiary/aromatic N) is 2. The van der Waals surface area contributed by atoms with E-state index in [1.54, 1.807) is 36.4 Å². The van der Waals surface area contributed by atoms with Gasteiger partial charge in [0.25, 0.3) is 0 Å². The maximum atomic E-state index is 11.2. The topological polar surface area (TPSA) is 110 Å². The third-order valence-corrected chi connectivity index (χ3v) is 3.87. The second-order valence-corrected chi connectivity index (χ2v) is 5.88. The number of aromatic nitrogens is 2. The Morgan fingerprint density at radius 3 is 1.48 bits per heavy atom. The second-order valence-electron chi connectivity index (χ2n) is 5.88. The molecule has 1 aromatic heterocycles. The van der Waals surface area contributed by atoms with Crippen LogP contribution in [0, 0.1) is 0 Å². The molecule has 29 heavy (non-hydrogen) atoms. The van der Waals surface area contributed by atoms with E-state index in [-0.39, 0.29) is 11.5 Å². The molecular weight excluding hydrogens is 380 g/mol. The van der Waals surface area contributed by atoms with Crippen LogP contribution in [0.25, 0.3) is 22.5 Å². The van der Waals surface area contributed by atoms with Gasteiger partial charge in [-0.05, 0) is 46.7 Å². The molecule has 9 nitrogen and oxygen atoms in total. The van der Waals surface area contributed by atoms with Gasteiger partial charge in [-0.25, -0.2) is 4.63 Å². The van der Waals surface area contributed by atoms with E-state index >= 15 is 0 Å². The molecule has 0 unspecified atom stereocenters. The Balaban J connectivity index is 2.02. The SMILES string of the molecule is COc1cc(-c2nonc2-c2ccc(OC(C)=O)c(OC)c2)ccc1OC(C)=O. The van der Waals surface area contributed by atoms with Gasteiger partial charge in [0.05, 0.1) is 14.2 Å². The van der Waals surface area contributed by atoms with Crippen LogP contribution in [0.1, 0.15) is 13.8 Å². The highest BCUT2D eigenvalue weighted by Crippen LogP contribution is 2.38. The van der Waals surface area contributed by atoms with Crippen molar-refractivity contribution in [1.29, 1.82) is 0 Å². The summed E-state index contributed by atoms with van der Waals surface area (Å²) in [5.41, 5.74) is 2.16. The fraction of sp³-hybridized carbons (Fsp3) is 0.200. The lowest BCUT2D eigenvalue weighted by Crippen LogP contribution is -2.03. The van der Waals surface area contributed by atoms with Gasteiger partial charge in [0.1, 0.15) is 11.4 Å². The summed E-state index contributed by atoms with van der Waals surface area (Å²) in [4.78, 5) is 22.5. The van der Waals surface area contributed by atoms with Gasteiger partial charge in [-0.2, -0.15) is 0 Å². The highest BCUT2D eigenvalue weighted by atomic mass is 16.6. The Hall–Kier alpha value is -3.88. The minimum atomic E-state index is -0.459. The number of carbonyl (C=O) groups excluding carboxylic acids is 2. The van der Waals surface area contributed by atoms with Crippen LogP contribution in [0.3, 0.4) is 0 Å². The average Bonchev–Trinajstić information content (AvgIpc) is 3.17. The molecule has 0 amide bonds. The molecule has 3 rings (SSSR count). The highest BCUT2D eigenvalue weighted by Gasteiger charge is 2.19. The summed E-state index contributed by atoms with van der Waals surface area (Å²) in [5.74, 6) is 0.367. The van der Waals surface area contributed by atoms with Crippen molar-refractivity contribution in [3.8, 4) is 45.5 Å². The maximum absolute atomic E-state index is 11.2. The van der Waals surface area contributed by atoms with Gasteiger partial charge in [0.15, 0.2) is 23.0 Å². The van der Waals surface area contributed by atoms with E-state index < -0.39 is 11.9 Å². The monoisotopic (exact) mass is 398 g/mol. The van der Waals surface area contributed by atoms with Crippen molar-refractivity contribution in [3.63, 3.8) is 0 Å². The number of esters is 2. The molecule has 0 saturated heterocycles. The van der Waals surface area contributed by atoms with Crippen LogP contribution in [-0.4, -0.2) is 36.5 Å². The van der Waals surface area contributed by atoms with Crippen LogP contribution in [0.15, 0.2) is 41.0 Å². The number of methoxy groups -OCH3 is 2. The van der Waals surface area contributed by atoms with Crippen molar-refractivity contribution in [2.75, 3.05) is 14.2 Å². The van der Waals surface area contributed by atoms with E-state index in [0.717, 1.165) is 0 Å². The van der Waals surface area contributed by atoms with Crippen molar-refractivity contribution < 1.29 is 33.2 Å². The first-order chi connectivity index (χ1) is 13.9. The lowest BCUT2D eigenvalue weighted by Gasteiger charge is -2.10. The minimum absolute atomic E-state index is 0.286. The molecule has 0 fully saturated rings. The Morgan fingerprint density at radius 2 is 1.14 bits per heavy atom. The normalized spacial score (nSPS) is 10.3. The second kappa shape index (κ2) is 8.42. The third-order valence-electron chi connectivity index (χ3n) is 3.87. The van der Waals surface area contributed by atoms with Crippen molar-refractivity contribution in [2.45, 2.75) is 13.8 Å². The van der Waals surface area contributed by atoms with Gasteiger partial charge in [0.2, 0.25) is 0 Å². The first-order valence-corrected chi connectivity index (χ1v) is 8.49. The van der Waals surface area contributed by atoms with Gasteiger partial charge in [-0.15, -0.1) is 0 Å². The smallest absolute Gasteiger partial charge is 0.308 e. The molecule has 2 aromatic carbocycles. The summed E-state index contributed by atoms with van der Waals surface area (Å²) in [6.45, 7) is 2.61. The van der Waals surface area contributed by atoms with E-state index in [1.165, 1.54) is 28.1 Å². The third kappa shape index (κ3) is 4.34. The fourth-order valence-corrected chi connectivity index (χ4v) is 2.68. The van der Waals surface area contributed by atoms with E-state index in [0.29, 0.717) is 34.0 Å². The molecule has 0 aliphatic rings. The molecule has 0 spiro atoms. The minimum Gasteiger partial charge on any atom is -0.493 e. The molecule has 0 saturated carbocycles. The van der Waals surface area contributed by atoms with Gasteiger partial charge >= 0.3 is 11.9 Å². The maximum Gasteiger partial charge on any atom is 0.308 e. The zero-order valence-electron chi connectivity index (χ0n) is 16.2. The predicted molar refractivity (Wildman–Crippen MR) is 101 cm³/mol. The number of ether oxygens (including phenoxy) is 4. The van der Waals surface area contributed by atoms with Crippen LogP contribution >= 0.6 is 0 Å². The first-order valence-electron chi connectivity index (χ1n) is 8.49. The zero-order chi connectivity index (χ0) is 21.0. The molecule has 150 valence electrons. The van der Waals surface area contributed by atoms with Gasteiger partial charge in [-0.1, -0.05) is 0 Å². The highest BCUT2D eigenvalue weighted by molar-refractivity contribution is 5.80. The Morgan fingerprint density at radius 1 is 0.724 bits per heavy atom. The fourth-order valence-electron chi connectivity index (χ4n) is 2.68. The van der Waals surface area contributed by atoms with Gasteiger partial charge < -0.3 is 18.9 Å². The lowest BCUT2D eigenvalue weighted by atomic mass is 10.0. The summed E-state index contributed by atoms with van der Waals surface area (Å²) in [6.07, 6.45) is 0. The molecular formula is C20H18N2O7. The number of rotatable bonds is 6. The molecule has 0 radical (unpaired) electrons. The zero-order valence-corrected chi connectivity index (χ0v) is 16.2. The van der Waals surface area contributed by atoms with Crippen LogP contribution in [0.2, 0.25) is 0 Å². The number of benzene rings is 2. The van der Waals surface area contributed by atoms with Gasteiger partial charge in [0, 0.05) is 25.0 Å². The summed E-state index contributed by atoms with van der Waals surface area (Å²) in [5, 5.41) is 7.96. The summed E-state index contributed by atoms with van der Waals surface area (Å²) in [7, 11) is 2.93. The van der Waals surface area contributed by atoms with E-state index in [2.05, 4.69) is 10.3 Å². The summed E-state index contributed by atoms with van der Waals surface area (Å²) >= 11 is 0. The lowest BCUT2D eigenvalue weighted by molar-refractivity contribution is -0.132. The van der Waals surface area contributed by atoms with E-state index in [4.69, 9.17) is 23.6 Å². The van der Waals surface area contributed by atoms with Crippen molar-refractivity contribution in [2.24, 2.45) is 0 Å². The summed E-state index contributed by atoms with van der Waals surface area (Å²) in [6, 6.07) is 9.91. The van der Waals surface area contributed by atoms with E-state index in [1.807, 2.05) is 0 Å². The predicted octanol–water partition coefficient (Wildman–Crippen LogP) is 3.27. The van der Waals surface area contributed by atoms with Gasteiger partial charge in [-0.3, -0.25) is 9.59 Å². The molecule has 0 atom stereocenters. The molecule has 0 bridgehead atoms. The van der Waals surface area contributed by atoms with Crippen LogP contribution in [0.4, 0.5) is 0 Å². The average molecular weight is 398 g/mol. The Labute approximate surface area is 166 Å². The molecule has 0 N–H and O–H groups in total. The number of hydrogen-bond donors (Lipinski definition) is 0. The van der Waals surface area contributed by atoms with E-state index in [9.17, 15) is 9.59 Å². The Bertz CT molecular complexity index is 977. The number of carbonyl (C=O) groups is 2. The molecule has 1 heterocycles. The summed E-state index contributed by atoms with van der Waals surface area (Å²) < 4.78 is 25.8. The largest absolute Gasteiger partial charge is 0.493 e.